The van der Waals surface area contributed by atoms with Crippen LogP contribution in [0, 0.1) is 6.92 Å². The minimum Gasteiger partial charge on any atom is -0.457 e. The summed E-state index contributed by atoms with van der Waals surface area (Å²) in [7, 11) is 0. The Labute approximate surface area is 169 Å². The van der Waals surface area contributed by atoms with Crippen molar-refractivity contribution in [2.24, 2.45) is 0 Å². The summed E-state index contributed by atoms with van der Waals surface area (Å²) in [4.78, 5) is 17.2. The number of pyridine rings is 1. The molecule has 1 aliphatic heterocycles. The SMILES string of the molecule is Cc1ccn2c3c(nc2c1)CNC(=O)C[C@H]3c1cccc(Oc2ccccc2)c1. The Morgan fingerprint density at radius 3 is 2.72 bits per heavy atom. The molecule has 0 unspecified atom stereocenters. The normalized spacial score (nSPS) is 16.2. The zero-order chi connectivity index (χ0) is 19.8. The van der Waals surface area contributed by atoms with E-state index < -0.39 is 0 Å². The number of aryl methyl sites for hydroxylation is 1. The maximum Gasteiger partial charge on any atom is 0.221 e. The van der Waals surface area contributed by atoms with Crippen molar-refractivity contribution in [3.05, 3.63) is 95.4 Å². The fourth-order valence-electron chi connectivity index (χ4n) is 3.94. The Bertz CT molecular complexity index is 1200. The van der Waals surface area contributed by atoms with Gasteiger partial charge in [-0.05, 0) is 54.4 Å². The third-order valence-corrected chi connectivity index (χ3v) is 5.31. The molecule has 0 aliphatic carbocycles. The van der Waals surface area contributed by atoms with Gasteiger partial charge in [-0.2, -0.15) is 0 Å². The molecule has 1 aliphatic rings. The largest absolute Gasteiger partial charge is 0.457 e. The number of hydrogen-bond acceptors (Lipinski definition) is 3. The monoisotopic (exact) mass is 383 g/mol. The number of para-hydroxylation sites is 1. The number of ether oxygens (including phenoxy) is 1. The molecule has 1 atom stereocenters. The van der Waals surface area contributed by atoms with Gasteiger partial charge in [0.2, 0.25) is 5.91 Å². The summed E-state index contributed by atoms with van der Waals surface area (Å²) < 4.78 is 8.13. The van der Waals surface area contributed by atoms with Crippen molar-refractivity contribution < 1.29 is 9.53 Å². The molecule has 5 nitrogen and oxygen atoms in total. The molecule has 29 heavy (non-hydrogen) atoms. The second-order valence-electron chi connectivity index (χ2n) is 7.40. The molecule has 3 heterocycles. The summed E-state index contributed by atoms with van der Waals surface area (Å²) in [5.41, 5.74) is 5.10. The smallest absolute Gasteiger partial charge is 0.221 e. The fourth-order valence-corrected chi connectivity index (χ4v) is 3.94. The summed E-state index contributed by atoms with van der Waals surface area (Å²) in [6.07, 6.45) is 2.42. The first kappa shape index (κ1) is 17.5. The Hall–Kier alpha value is -3.60. The van der Waals surface area contributed by atoms with E-state index in [9.17, 15) is 4.79 Å². The summed E-state index contributed by atoms with van der Waals surface area (Å²) in [6.45, 7) is 2.51. The predicted octanol–water partition coefficient (Wildman–Crippen LogP) is 4.59. The van der Waals surface area contributed by atoms with Crippen LogP contribution in [-0.4, -0.2) is 15.3 Å². The van der Waals surface area contributed by atoms with Crippen molar-refractivity contribution in [1.29, 1.82) is 0 Å². The molecule has 5 heteroatoms. The molecule has 4 aromatic rings. The number of amides is 1. The van der Waals surface area contributed by atoms with Crippen LogP contribution in [0.2, 0.25) is 0 Å². The molecular weight excluding hydrogens is 362 g/mol. The molecule has 0 radical (unpaired) electrons. The van der Waals surface area contributed by atoms with E-state index in [0.717, 1.165) is 39.7 Å². The lowest BCUT2D eigenvalue weighted by molar-refractivity contribution is -0.121. The maximum absolute atomic E-state index is 12.4. The van der Waals surface area contributed by atoms with Crippen LogP contribution >= 0.6 is 0 Å². The zero-order valence-corrected chi connectivity index (χ0v) is 16.1. The van der Waals surface area contributed by atoms with E-state index in [-0.39, 0.29) is 11.8 Å². The van der Waals surface area contributed by atoms with E-state index in [1.165, 1.54) is 0 Å². The van der Waals surface area contributed by atoms with E-state index in [1.807, 2.05) is 54.7 Å². The van der Waals surface area contributed by atoms with Crippen molar-refractivity contribution in [1.82, 2.24) is 14.7 Å². The van der Waals surface area contributed by atoms with Gasteiger partial charge in [0.1, 0.15) is 17.1 Å². The highest BCUT2D eigenvalue weighted by molar-refractivity contribution is 5.78. The Kier molecular flexibility index (Phi) is 4.28. The molecule has 0 fully saturated rings. The van der Waals surface area contributed by atoms with Gasteiger partial charge in [0.15, 0.2) is 0 Å². The van der Waals surface area contributed by atoms with E-state index in [1.54, 1.807) is 0 Å². The standard InChI is InChI=1S/C24H21N3O2/c1-16-10-11-27-22(12-16)26-21-15-25-23(28)14-20(24(21)27)17-6-5-9-19(13-17)29-18-7-3-2-4-8-18/h2-13,20H,14-15H2,1H3,(H,25,28)/t20-/m0/s1. The number of hydrogen-bond donors (Lipinski definition) is 1. The van der Waals surface area contributed by atoms with Crippen molar-refractivity contribution in [3.63, 3.8) is 0 Å². The number of nitrogens with zero attached hydrogens (tertiary/aromatic N) is 2. The van der Waals surface area contributed by atoms with Crippen LogP contribution in [0.15, 0.2) is 72.9 Å². The van der Waals surface area contributed by atoms with Crippen LogP contribution in [0.5, 0.6) is 11.5 Å². The minimum absolute atomic E-state index is 0.0308. The number of benzene rings is 2. The van der Waals surface area contributed by atoms with Gasteiger partial charge >= 0.3 is 0 Å². The highest BCUT2D eigenvalue weighted by Crippen LogP contribution is 2.35. The molecule has 2 aromatic carbocycles. The summed E-state index contributed by atoms with van der Waals surface area (Å²) >= 11 is 0. The van der Waals surface area contributed by atoms with Crippen molar-refractivity contribution >= 4 is 11.6 Å². The quantitative estimate of drug-likeness (QED) is 0.563. The molecule has 1 N–H and O–H groups in total. The van der Waals surface area contributed by atoms with Crippen LogP contribution in [0.25, 0.3) is 5.65 Å². The van der Waals surface area contributed by atoms with Gasteiger partial charge < -0.3 is 14.5 Å². The summed E-state index contributed by atoms with van der Waals surface area (Å²) in [5, 5.41) is 2.98. The van der Waals surface area contributed by atoms with Gasteiger partial charge in [-0.1, -0.05) is 30.3 Å². The highest BCUT2D eigenvalue weighted by Gasteiger charge is 2.29. The first-order valence-corrected chi connectivity index (χ1v) is 9.74. The van der Waals surface area contributed by atoms with E-state index in [0.29, 0.717) is 13.0 Å². The highest BCUT2D eigenvalue weighted by atomic mass is 16.5. The van der Waals surface area contributed by atoms with E-state index >= 15 is 0 Å². The minimum atomic E-state index is -0.0930. The van der Waals surface area contributed by atoms with E-state index in [4.69, 9.17) is 9.72 Å². The molecular formula is C24H21N3O2. The van der Waals surface area contributed by atoms with Crippen molar-refractivity contribution in [2.45, 2.75) is 25.8 Å². The Balaban J connectivity index is 1.59. The number of imidazole rings is 1. The topological polar surface area (TPSA) is 55.6 Å². The number of aromatic nitrogens is 2. The van der Waals surface area contributed by atoms with Gasteiger partial charge in [-0.25, -0.2) is 4.98 Å². The van der Waals surface area contributed by atoms with Crippen LogP contribution in [0.3, 0.4) is 0 Å². The van der Waals surface area contributed by atoms with Gasteiger partial charge in [0.25, 0.3) is 0 Å². The molecule has 5 rings (SSSR count). The maximum atomic E-state index is 12.4. The number of nitrogens with one attached hydrogen (secondary N) is 1. The van der Waals surface area contributed by atoms with Crippen LogP contribution < -0.4 is 10.1 Å². The average Bonchev–Trinajstić information content (AvgIpc) is 3.00. The van der Waals surface area contributed by atoms with Crippen LogP contribution in [0.4, 0.5) is 0 Å². The third-order valence-electron chi connectivity index (χ3n) is 5.31. The van der Waals surface area contributed by atoms with Gasteiger partial charge in [-0.3, -0.25) is 4.79 Å². The molecule has 1 amide bonds. The van der Waals surface area contributed by atoms with Crippen molar-refractivity contribution in [3.8, 4) is 11.5 Å². The van der Waals surface area contributed by atoms with Crippen LogP contribution in [0.1, 0.15) is 34.9 Å². The molecule has 144 valence electrons. The third kappa shape index (κ3) is 3.36. The van der Waals surface area contributed by atoms with Crippen molar-refractivity contribution in [2.75, 3.05) is 0 Å². The van der Waals surface area contributed by atoms with Gasteiger partial charge in [0, 0.05) is 18.5 Å². The molecule has 0 saturated heterocycles. The van der Waals surface area contributed by atoms with Crippen LogP contribution in [-0.2, 0) is 11.3 Å². The summed E-state index contributed by atoms with van der Waals surface area (Å²) in [5.74, 6) is 1.48. The first-order chi connectivity index (χ1) is 14.2. The molecule has 0 bridgehead atoms. The number of carbonyl (C=O) groups excluding carboxylic acids is 1. The average molecular weight is 383 g/mol. The zero-order valence-electron chi connectivity index (χ0n) is 16.1. The first-order valence-electron chi connectivity index (χ1n) is 9.74. The summed E-state index contributed by atoms with van der Waals surface area (Å²) in [6, 6.07) is 21.8. The number of fused-ring (bicyclic) bond motifs is 3. The second kappa shape index (κ2) is 7.09. The van der Waals surface area contributed by atoms with Gasteiger partial charge in [0.05, 0.1) is 17.9 Å². The lowest BCUT2D eigenvalue weighted by atomic mass is 9.91. The fraction of sp³-hybridized carbons (Fsp3) is 0.167. The van der Waals surface area contributed by atoms with E-state index in [2.05, 4.69) is 34.8 Å². The number of rotatable bonds is 3. The molecule has 0 spiro atoms. The second-order valence-corrected chi connectivity index (χ2v) is 7.40. The molecule has 2 aromatic heterocycles. The van der Waals surface area contributed by atoms with Gasteiger partial charge in [-0.15, -0.1) is 0 Å². The number of carbonyl (C=O) groups is 1. The Morgan fingerprint density at radius 2 is 1.86 bits per heavy atom. The predicted molar refractivity (Wildman–Crippen MR) is 111 cm³/mol. The molecule has 0 saturated carbocycles. The Morgan fingerprint density at radius 1 is 1.03 bits per heavy atom. The lowest BCUT2D eigenvalue weighted by Gasteiger charge is -2.17. The lowest BCUT2D eigenvalue weighted by Crippen LogP contribution is -2.21.